The minimum absolute atomic E-state index is 0.0154. The van der Waals surface area contributed by atoms with Gasteiger partial charge >= 0.3 is 12.6 Å². The Kier molecular flexibility index (Phi) is 3.97. The standard InChI is InChI=1S/C13H11F2NO4/c1-18-11-6-10(12(17)19-2)16-9-4-3-7(5-8(9)11)20-13(14)15/h3-6,13H,1-2H3. The van der Waals surface area contributed by atoms with Crippen LogP contribution in [0.5, 0.6) is 11.5 Å². The summed E-state index contributed by atoms with van der Waals surface area (Å²) in [7, 11) is 2.64. The van der Waals surface area contributed by atoms with E-state index in [1.807, 2.05) is 0 Å². The molecule has 0 amide bonds. The average Bonchev–Trinajstić information content (AvgIpc) is 2.44. The molecular weight excluding hydrogens is 272 g/mol. The van der Waals surface area contributed by atoms with Crippen molar-refractivity contribution in [1.82, 2.24) is 4.98 Å². The lowest BCUT2D eigenvalue weighted by Gasteiger charge is -2.10. The number of esters is 1. The largest absolute Gasteiger partial charge is 0.496 e. The van der Waals surface area contributed by atoms with Gasteiger partial charge in [-0.1, -0.05) is 0 Å². The van der Waals surface area contributed by atoms with Crippen molar-refractivity contribution in [2.45, 2.75) is 6.61 Å². The van der Waals surface area contributed by atoms with Gasteiger partial charge in [-0.15, -0.1) is 0 Å². The van der Waals surface area contributed by atoms with Gasteiger partial charge in [0.1, 0.15) is 11.5 Å². The Morgan fingerprint density at radius 3 is 2.60 bits per heavy atom. The molecule has 106 valence electrons. The fourth-order valence-electron chi connectivity index (χ4n) is 1.73. The highest BCUT2D eigenvalue weighted by atomic mass is 19.3. The number of aromatic nitrogens is 1. The summed E-state index contributed by atoms with van der Waals surface area (Å²) in [6.07, 6.45) is 0. The molecule has 0 radical (unpaired) electrons. The Morgan fingerprint density at radius 1 is 1.25 bits per heavy atom. The average molecular weight is 283 g/mol. The summed E-state index contributed by atoms with van der Waals surface area (Å²) in [6, 6.07) is 5.54. The maximum atomic E-state index is 12.2. The zero-order valence-corrected chi connectivity index (χ0v) is 10.7. The van der Waals surface area contributed by atoms with E-state index in [0.29, 0.717) is 16.7 Å². The molecule has 2 aromatic rings. The maximum Gasteiger partial charge on any atom is 0.387 e. The number of pyridine rings is 1. The smallest absolute Gasteiger partial charge is 0.387 e. The molecule has 0 atom stereocenters. The van der Waals surface area contributed by atoms with Crippen molar-refractivity contribution in [1.29, 1.82) is 0 Å². The normalized spacial score (nSPS) is 10.7. The van der Waals surface area contributed by atoms with Gasteiger partial charge < -0.3 is 14.2 Å². The second-order valence-corrected chi connectivity index (χ2v) is 3.76. The number of nitrogens with zero attached hydrogens (tertiary/aromatic N) is 1. The van der Waals surface area contributed by atoms with Gasteiger partial charge in [0.2, 0.25) is 0 Å². The lowest BCUT2D eigenvalue weighted by molar-refractivity contribution is -0.0497. The van der Waals surface area contributed by atoms with Crippen molar-refractivity contribution in [2.75, 3.05) is 14.2 Å². The van der Waals surface area contributed by atoms with Crippen molar-refractivity contribution in [3.05, 3.63) is 30.0 Å². The lowest BCUT2D eigenvalue weighted by Crippen LogP contribution is -2.05. The second kappa shape index (κ2) is 5.68. The van der Waals surface area contributed by atoms with E-state index in [0.717, 1.165) is 0 Å². The summed E-state index contributed by atoms with van der Waals surface area (Å²) in [5, 5.41) is 0.457. The third-order valence-corrected chi connectivity index (χ3v) is 2.58. The van der Waals surface area contributed by atoms with Crippen molar-refractivity contribution in [3.63, 3.8) is 0 Å². The lowest BCUT2D eigenvalue weighted by atomic mass is 10.1. The number of fused-ring (bicyclic) bond motifs is 1. The number of ether oxygens (including phenoxy) is 3. The van der Waals surface area contributed by atoms with Crippen LogP contribution in [0, 0.1) is 0 Å². The predicted octanol–water partition coefficient (Wildman–Crippen LogP) is 2.63. The molecule has 0 aliphatic carbocycles. The molecule has 7 heteroatoms. The van der Waals surface area contributed by atoms with Crippen molar-refractivity contribution in [2.24, 2.45) is 0 Å². The minimum Gasteiger partial charge on any atom is -0.496 e. The van der Waals surface area contributed by atoms with Gasteiger partial charge in [-0.05, 0) is 18.2 Å². The molecule has 0 aliphatic heterocycles. The van der Waals surface area contributed by atoms with Crippen LogP contribution in [-0.4, -0.2) is 31.8 Å². The number of hydrogen-bond donors (Lipinski definition) is 0. The Hall–Kier alpha value is -2.44. The molecule has 0 bridgehead atoms. The first kappa shape index (κ1) is 14.0. The monoisotopic (exact) mass is 283 g/mol. The van der Waals surface area contributed by atoms with E-state index in [9.17, 15) is 13.6 Å². The fraction of sp³-hybridized carbons (Fsp3) is 0.231. The van der Waals surface area contributed by atoms with E-state index in [4.69, 9.17) is 4.74 Å². The summed E-state index contributed by atoms with van der Waals surface area (Å²) >= 11 is 0. The summed E-state index contributed by atoms with van der Waals surface area (Å²) in [4.78, 5) is 15.6. The number of benzene rings is 1. The number of methoxy groups -OCH3 is 2. The van der Waals surface area contributed by atoms with E-state index < -0.39 is 12.6 Å². The van der Waals surface area contributed by atoms with Gasteiger partial charge in [-0.25, -0.2) is 9.78 Å². The summed E-state index contributed by atoms with van der Waals surface area (Å²) in [5.41, 5.74) is 0.478. The molecular formula is C13H11F2NO4. The van der Waals surface area contributed by atoms with Crippen LogP contribution in [0.1, 0.15) is 10.5 Å². The third-order valence-electron chi connectivity index (χ3n) is 2.58. The SMILES string of the molecule is COC(=O)c1cc(OC)c2cc(OC(F)F)ccc2n1. The molecule has 20 heavy (non-hydrogen) atoms. The van der Waals surface area contributed by atoms with Crippen molar-refractivity contribution < 1.29 is 27.8 Å². The molecule has 1 aromatic heterocycles. The Morgan fingerprint density at radius 2 is 2.00 bits per heavy atom. The highest BCUT2D eigenvalue weighted by Crippen LogP contribution is 2.29. The molecule has 0 aliphatic rings. The summed E-state index contributed by atoms with van der Waals surface area (Å²) in [5.74, 6) is -0.313. The highest BCUT2D eigenvalue weighted by molar-refractivity contribution is 5.94. The zero-order chi connectivity index (χ0) is 14.7. The van der Waals surface area contributed by atoms with E-state index >= 15 is 0 Å². The van der Waals surface area contributed by atoms with Crippen LogP contribution in [0.15, 0.2) is 24.3 Å². The van der Waals surface area contributed by atoms with Crippen LogP contribution < -0.4 is 9.47 Å². The Bertz CT molecular complexity index is 646. The van der Waals surface area contributed by atoms with Crippen LogP contribution in [-0.2, 0) is 4.74 Å². The zero-order valence-electron chi connectivity index (χ0n) is 10.7. The van der Waals surface area contributed by atoms with Gasteiger partial charge in [-0.3, -0.25) is 0 Å². The molecule has 1 aromatic carbocycles. The number of rotatable bonds is 4. The summed E-state index contributed by atoms with van der Waals surface area (Å²) < 4.78 is 38.4. The molecule has 1 heterocycles. The molecule has 5 nitrogen and oxygen atoms in total. The van der Waals surface area contributed by atoms with Crippen LogP contribution >= 0.6 is 0 Å². The van der Waals surface area contributed by atoms with Crippen LogP contribution in [0.3, 0.4) is 0 Å². The molecule has 0 saturated carbocycles. The van der Waals surface area contributed by atoms with Crippen molar-refractivity contribution >= 4 is 16.9 Å². The number of carbonyl (C=O) groups excluding carboxylic acids is 1. The number of alkyl halides is 2. The second-order valence-electron chi connectivity index (χ2n) is 3.76. The van der Waals surface area contributed by atoms with Crippen molar-refractivity contribution in [3.8, 4) is 11.5 Å². The molecule has 2 rings (SSSR count). The quantitative estimate of drug-likeness (QED) is 0.807. The van der Waals surface area contributed by atoms with Crippen LogP contribution in [0.25, 0.3) is 10.9 Å². The summed E-state index contributed by atoms with van der Waals surface area (Å²) in [6.45, 7) is -2.92. The maximum absolute atomic E-state index is 12.2. The van der Waals surface area contributed by atoms with Gasteiger partial charge in [0, 0.05) is 11.5 Å². The van der Waals surface area contributed by atoms with Gasteiger partial charge in [0.15, 0.2) is 5.69 Å². The molecule has 0 unspecified atom stereocenters. The van der Waals surface area contributed by atoms with Crippen LogP contribution in [0.2, 0.25) is 0 Å². The highest BCUT2D eigenvalue weighted by Gasteiger charge is 2.14. The Labute approximate surface area is 113 Å². The van der Waals surface area contributed by atoms with E-state index in [1.54, 1.807) is 0 Å². The van der Waals surface area contributed by atoms with E-state index in [-0.39, 0.29) is 11.4 Å². The number of halogens is 2. The molecule has 0 saturated heterocycles. The van der Waals surface area contributed by atoms with Gasteiger partial charge in [0.25, 0.3) is 0 Å². The molecule has 0 fully saturated rings. The minimum atomic E-state index is -2.92. The number of carbonyl (C=O) groups is 1. The predicted molar refractivity (Wildman–Crippen MR) is 66.3 cm³/mol. The van der Waals surface area contributed by atoms with Crippen LogP contribution in [0.4, 0.5) is 8.78 Å². The first-order valence-corrected chi connectivity index (χ1v) is 5.57. The van der Waals surface area contributed by atoms with Gasteiger partial charge in [0.05, 0.1) is 19.7 Å². The molecule has 0 N–H and O–H groups in total. The fourth-order valence-corrected chi connectivity index (χ4v) is 1.73. The third kappa shape index (κ3) is 2.76. The first-order chi connectivity index (χ1) is 9.55. The van der Waals surface area contributed by atoms with E-state index in [1.165, 1.54) is 38.5 Å². The van der Waals surface area contributed by atoms with Gasteiger partial charge in [-0.2, -0.15) is 8.78 Å². The number of hydrogen-bond acceptors (Lipinski definition) is 5. The topological polar surface area (TPSA) is 57.7 Å². The first-order valence-electron chi connectivity index (χ1n) is 5.57. The van der Waals surface area contributed by atoms with E-state index in [2.05, 4.69) is 14.5 Å². The Balaban J connectivity index is 2.55. The molecule has 0 spiro atoms.